The molecule has 366 valence electrons. The maximum absolute atomic E-state index is 13.6. The molecular weight excluding hydrogens is 954 g/mol. The Morgan fingerprint density at radius 1 is 0.634 bits per heavy atom. The first-order chi connectivity index (χ1) is 32.8. The third-order valence-electron chi connectivity index (χ3n) is 10.8. The van der Waals surface area contributed by atoms with Gasteiger partial charge in [-0.25, -0.2) is 19.6 Å². The van der Waals surface area contributed by atoms with Gasteiger partial charge in [0.15, 0.2) is 0 Å². The monoisotopic (exact) mass is 1000 g/mol. The van der Waals surface area contributed by atoms with E-state index in [0.29, 0.717) is 75.3 Å². The second kappa shape index (κ2) is 25.8. The minimum absolute atomic E-state index is 0. The summed E-state index contributed by atoms with van der Waals surface area (Å²) in [5, 5.41) is 11.0. The fourth-order valence-corrected chi connectivity index (χ4v) is 7.77. The molecule has 4 N–H and O–H groups in total. The summed E-state index contributed by atoms with van der Waals surface area (Å²) in [7, 11) is 3.14. The molecule has 22 heteroatoms. The maximum Gasteiger partial charge on any atom is 1.00 e. The number of halogens is 2. The van der Waals surface area contributed by atoms with Crippen molar-refractivity contribution in [3.8, 4) is 23.0 Å². The zero-order chi connectivity index (χ0) is 48.5. The Balaban J connectivity index is 0.000000296. The van der Waals surface area contributed by atoms with Crippen LogP contribution in [-0.4, -0.2) is 73.9 Å². The number of hydrogen-bond donors (Lipinski definition) is 1. The Bertz CT molecular complexity index is 3380. The van der Waals surface area contributed by atoms with Crippen LogP contribution in [0.2, 0.25) is 10.0 Å². The molecule has 0 amide bonds. The number of fused-ring (bicyclic) bond motifs is 2. The number of nitrogens with zero attached hydrogens (tertiary/aromatic N) is 8. The molecule has 6 aromatic heterocycles. The molecule has 0 saturated carbocycles. The van der Waals surface area contributed by atoms with Crippen LogP contribution >= 0.6 is 23.2 Å². The van der Waals surface area contributed by atoms with Crippen LogP contribution in [0, 0.1) is 13.8 Å². The zero-order valence-electron chi connectivity index (χ0n) is 39.5. The average Bonchev–Trinajstić information content (AvgIpc) is 3.32. The van der Waals surface area contributed by atoms with Gasteiger partial charge in [0.05, 0.1) is 42.2 Å². The molecule has 0 aliphatic heterocycles. The number of rotatable bonds is 16. The van der Waals surface area contributed by atoms with Crippen LogP contribution in [-0.2, 0) is 49.6 Å². The number of aliphatic hydroxyl groups is 1. The normalized spacial score (nSPS) is 10.6. The number of carbonyl (C=O) groups excluding carboxylic acids is 1. The number of carbonyl (C=O) groups is 1. The second-order valence-corrected chi connectivity index (χ2v) is 16.7. The first-order valence-electron chi connectivity index (χ1n) is 21.3. The van der Waals surface area contributed by atoms with Crippen LogP contribution in [0.1, 0.15) is 46.2 Å². The number of benzene rings is 2. The molecule has 71 heavy (non-hydrogen) atoms. The molecule has 0 saturated heterocycles. The zero-order valence-corrected chi connectivity index (χ0v) is 41.0. The van der Waals surface area contributed by atoms with E-state index in [2.05, 4.69) is 19.9 Å². The smallest absolute Gasteiger partial charge is 0.870 e. The molecule has 8 rings (SSSR count). The summed E-state index contributed by atoms with van der Waals surface area (Å²) in [6.07, 6.45) is 10.9. The van der Waals surface area contributed by atoms with Crippen molar-refractivity contribution in [2.24, 2.45) is 14.1 Å². The van der Waals surface area contributed by atoms with Crippen LogP contribution in [0.25, 0.3) is 22.1 Å². The van der Waals surface area contributed by atoms with E-state index in [1.54, 1.807) is 63.1 Å². The Hall–Kier alpha value is -6.95. The van der Waals surface area contributed by atoms with Crippen LogP contribution in [0.15, 0.2) is 117 Å². The molecule has 6 heterocycles. The molecular formula is C49H49Cl2LiN8O11. The van der Waals surface area contributed by atoms with Gasteiger partial charge < -0.3 is 30.3 Å². The number of hydrogen-bond acceptors (Lipinski definition) is 14. The Kier molecular flexibility index (Phi) is 20.6. The first kappa shape index (κ1) is 56.6. The van der Waals surface area contributed by atoms with Gasteiger partial charge in [-0.15, -0.1) is 0 Å². The summed E-state index contributed by atoms with van der Waals surface area (Å²) in [6, 6.07) is 18.2. The van der Waals surface area contributed by atoms with Gasteiger partial charge >= 0.3 is 30.2 Å². The molecule has 0 unspecified atom stereocenters. The minimum atomic E-state index is -0.505. The number of aryl methyl sites for hydroxylation is 4. The molecule has 2 aromatic carbocycles. The molecule has 0 bridgehead atoms. The van der Waals surface area contributed by atoms with Gasteiger partial charge in [-0.05, 0) is 85.3 Å². The summed E-state index contributed by atoms with van der Waals surface area (Å²) in [5.74, 6) is 1.79. The largest absolute Gasteiger partial charge is 1.00 e. The van der Waals surface area contributed by atoms with Gasteiger partial charge in [0.1, 0.15) is 34.3 Å². The van der Waals surface area contributed by atoms with E-state index in [9.17, 15) is 29.1 Å². The number of aliphatic hydroxyl groups excluding tert-OH is 1. The second-order valence-electron chi connectivity index (χ2n) is 15.8. The quantitative estimate of drug-likeness (QED) is 0.0829. The molecule has 0 atom stereocenters. The van der Waals surface area contributed by atoms with E-state index in [0.717, 1.165) is 31.4 Å². The van der Waals surface area contributed by atoms with E-state index in [1.807, 2.05) is 50.2 Å². The molecule has 0 aliphatic rings. The van der Waals surface area contributed by atoms with Gasteiger partial charge in [-0.1, -0.05) is 47.5 Å². The Morgan fingerprint density at radius 3 is 1.42 bits per heavy atom. The minimum Gasteiger partial charge on any atom is -0.870 e. The van der Waals surface area contributed by atoms with Crippen LogP contribution < -0.4 is 50.8 Å². The fraction of sp³-hybridized carbons (Fsp3) is 0.245. The van der Waals surface area contributed by atoms with Crippen LogP contribution in [0.3, 0.4) is 0 Å². The average molecular weight is 1000 g/mol. The van der Waals surface area contributed by atoms with Gasteiger partial charge in [0.25, 0.3) is 17.6 Å². The fourth-order valence-electron chi connectivity index (χ4n) is 7.52. The Labute approximate surface area is 427 Å². The predicted molar refractivity (Wildman–Crippen MR) is 263 cm³/mol. The SMILES string of the molecule is Cc1cncc(Oc2cnc3c(c2Cc2ccc(Cl)cc2)c(=O)n(CCCO)c(=O)n3C)c1.Cc1cncc(Oc2cnc3c(c2Cc2ccc(Cl)cc2)c(=O)n(CCCOC=O)c(=O)n3C)c1.O.[Li+].[OH-]. The van der Waals surface area contributed by atoms with E-state index in [4.69, 9.17) is 37.4 Å². The summed E-state index contributed by atoms with van der Waals surface area (Å²) in [4.78, 5) is 80.3. The predicted octanol–water partition coefficient (Wildman–Crippen LogP) is 2.62. The van der Waals surface area contributed by atoms with Crippen molar-refractivity contribution in [3.05, 3.63) is 183 Å². The van der Waals surface area contributed by atoms with E-state index in [-0.39, 0.29) is 79.2 Å². The van der Waals surface area contributed by atoms with Crippen molar-refractivity contribution in [2.45, 2.75) is 52.6 Å². The maximum atomic E-state index is 13.6. The van der Waals surface area contributed by atoms with E-state index < -0.39 is 22.5 Å². The summed E-state index contributed by atoms with van der Waals surface area (Å²) in [6.45, 7) is 4.29. The van der Waals surface area contributed by atoms with Crippen LogP contribution in [0.5, 0.6) is 23.0 Å². The number of aromatic nitrogens is 8. The van der Waals surface area contributed by atoms with Crippen molar-refractivity contribution in [1.29, 1.82) is 0 Å². The van der Waals surface area contributed by atoms with Gasteiger partial charge in [-0.3, -0.25) is 42.6 Å². The van der Waals surface area contributed by atoms with Crippen molar-refractivity contribution in [2.75, 3.05) is 13.2 Å². The number of ether oxygens (including phenoxy) is 3. The van der Waals surface area contributed by atoms with Crippen molar-refractivity contribution >= 4 is 51.7 Å². The third-order valence-corrected chi connectivity index (χ3v) is 11.3. The van der Waals surface area contributed by atoms with Crippen LogP contribution in [0.4, 0.5) is 0 Å². The van der Waals surface area contributed by atoms with Gasteiger partial charge in [0.2, 0.25) is 0 Å². The summed E-state index contributed by atoms with van der Waals surface area (Å²) < 4.78 is 21.9. The van der Waals surface area contributed by atoms with Crippen molar-refractivity contribution in [1.82, 2.24) is 38.2 Å². The molecule has 0 radical (unpaired) electrons. The summed E-state index contributed by atoms with van der Waals surface area (Å²) in [5.41, 5.74) is 3.40. The Morgan fingerprint density at radius 2 is 1.04 bits per heavy atom. The molecule has 0 spiro atoms. The summed E-state index contributed by atoms with van der Waals surface area (Å²) >= 11 is 12.1. The topological polar surface area (TPSA) is 266 Å². The van der Waals surface area contributed by atoms with Crippen molar-refractivity contribution in [3.63, 3.8) is 0 Å². The molecule has 0 aliphatic carbocycles. The third kappa shape index (κ3) is 13.3. The van der Waals surface area contributed by atoms with E-state index in [1.165, 1.54) is 21.5 Å². The standard InChI is InChI=1S/C25H23ClN4O5.C24H23ClN4O4.Li.2H2O/c1-16-10-19(13-27-12-16)35-21-14-28-23-22(20(21)11-17-4-6-18(26)7-5-17)24(32)30(25(33)29(23)2)8-3-9-34-15-31;1-15-10-18(13-26-12-15)33-20-14-27-22-21(19(20)11-16-4-6-17(25)7-5-16)23(31)29(8-3-9-30)24(32)28(22)2;;;/h4-7,10,12-15H,3,8-9,11H2,1-2H3;4-7,10,12-14,30H,3,8-9,11H2,1-2H3;;2*1H2/q;;+1;;/p-1. The van der Waals surface area contributed by atoms with Gasteiger partial charge in [-0.2, -0.15) is 0 Å². The first-order valence-corrected chi connectivity index (χ1v) is 22.1. The molecule has 0 fully saturated rings. The number of pyridine rings is 4. The van der Waals surface area contributed by atoms with Gasteiger partial charge in [0, 0.05) is 80.2 Å². The molecule has 8 aromatic rings. The molecule has 19 nitrogen and oxygen atoms in total. The van der Waals surface area contributed by atoms with E-state index >= 15 is 0 Å². The van der Waals surface area contributed by atoms with Crippen molar-refractivity contribution < 1.29 is 53.9 Å².